The molecule has 0 fully saturated rings. The van der Waals surface area contributed by atoms with Gasteiger partial charge in [0.25, 0.3) is 5.91 Å². The van der Waals surface area contributed by atoms with Gasteiger partial charge in [-0.15, -0.1) is 10.2 Å². The van der Waals surface area contributed by atoms with Crippen molar-refractivity contribution < 1.29 is 14.0 Å². The first kappa shape index (κ1) is 22.5. The van der Waals surface area contributed by atoms with E-state index in [-0.39, 0.29) is 24.1 Å². The van der Waals surface area contributed by atoms with Gasteiger partial charge in [-0.3, -0.25) is 9.59 Å². The average molecular weight is 442 g/mol. The van der Waals surface area contributed by atoms with Crippen LogP contribution in [0.25, 0.3) is 0 Å². The van der Waals surface area contributed by atoms with Gasteiger partial charge in [0.15, 0.2) is 11.0 Å². The number of amides is 2. The quantitative estimate of drug-likeness (QED) is 0.520. The van der Waals surface area contributed by atoms with E-state index >= 15 is 0 Å². The second kappa shape index (κ2) is 10.2. The molecule has 31 heavy (non-hydrogen) atoms. The van der Waals surface area contributed by atoms with Gasteiger partial charge in [0.1, 0.15) is 5.82 Å². The van der Waals surface area contributed by atoms with Crippen LogP contribution in [-0.4, -0.2) is 32.3 Å². The molecule has 1 heterocycles. The molecule has 2 aromatic carbocycles. The zero-order valence-electron chi connectivity index (χ0n) is 17.6. The van der Waals surface area contributed by atoms with Gasteiger partial charge in [-0.2, -0.15) is 0 Å². The molecule has 1 aromatic heterocycles. The van der Waals surface area contributed by atoms with Gasteiger partial charge in [0.05, 0.1) is 12.3 Å². The molecule has 3 rings (SSSR count). The first-order valence-electron chi connectivity index (χ1n) is 9.78. The van der Waals surface area contributed by atoms with Gasteiger partial charge in [-0.1, -0.05) is 37.7 Å². The van der Waals surface area contributed by atoms with Crippen LogP contribution in [-0.2, 0) is 18.4 Å². The summed E-state index contributed by atoms with van der Waals surface area (Å²) in [5.74, 6) is 0.285. The van der Waals surface area contributed by atoms with Crippen LogP contribution < -0.4 is 10.6 Å². The lowest BCUT2D eigenvalue weighted by atomic mass is 10.0. The van der Waals surface area contributed by atoms with Gasteiger partial charge < -0.3 is 15.2 Å². The molecule has 9 heteroatoms. The molecule has 162 valence electrons. The van der Waals surface area contributed by atoms with E-state index in [4.69, 9.17) is 0 Å². The standard InChI is InChI=1S/C22H24FN5O2S/c1-14(2)15-6-10-18(11-7-15)25-20(29)13-31-22-27-26-19(28(22)3)12-24-21(30)16-4-8-17(23)9-5-16/h4-11,14H,12-13H2,1-3H3,(H,24,30)(H,25,29). The van der Waals surface area contributed by atoms with Crippen molar-refractivity contribution in [3.8, 4) is 0 Å². The van der Waals surface area contributed by atoms with Crippen LogP contribution in [0.3, 0.4) is 0 Å². The Hall–Kier alpha value is -3.20. The van der Waals surface area contributed by atoms with Gasteiger partial charge in [-0.05, 0) is 47.9 Å². The monoisotopic (exact) mass is 441 g/mol. The second-order valence-electron chi connectivity index (χ2n) is 7.26. The lowest BCUT2D eigenvalue weighted by molar-refractivity contribution is -0.113. The Balaban J connectivity index is 1.49. The number of thioether (sulfide) groups is 1. The molecule has 0 radical (unpaired) electrons. The van der Waals surface area contributed by atoms with Crippen molar-refractivity contribution in [1.29, 1.82) is 0 Å². The maximum absolute atomic E-state index is 13.0. The zero-order chi connectivity index (χ0) is 22.4. The first-order chi connectivity index (χ1) is 14.8. The van der Waals surface area contributed by atoms with E-state index in [1.54, 1.807) is 11.6 Å². The summed E-state index contributed by atoms with van der Waals surface area (Å²) in [6, 6.07) is 13.1. The topological polar surface area (TPSA) is 88.9 Å². The highest BCUT2D eigenvalue weighted by atomic mass is 32.2. The Morgan fingerprint density at radius 2 is 1.74 bits per heavy atom. The number of carbonyl (C=O) groups excluding carboxylic acids is 2. The average Bonchev–Trinajstić information content (AvgIpc) is 3.11. The Morgan fingerprint density at radius 3 is 2.39 bits per heavy atom. The second-order valence-corrected chi connectivity index (χ2v) is 8.20. The number of nitrogens with one attached hydrogen (secondary N) is 2. The van der Waals surface area contributed by atoms with E-state index in [9.17, 15) is 14.0 Å². The van der Waals surface area contributed by atoms with Crippen molar-refractivity contribution in [2.45, 2.75) is 31.5 Å². The normalized spacial score (nSPS) is 10.9. The molecule has 0 aliphatic heterocycles. The maximum atomic E-state index is 13.0. The third-order valence-electron chi connectivity index (χ3n) is 4.63. The van der Waals surface area contributed by atoms with E-state index in [1.165, 1.54) is 41.6 Å². The molecule has 0 saturated heterocycles. The largest absolute Gasteiger partial charge is 0.345 e. The minimum Gasteiger partial charge on any atom is -0.345 e. The summed E-state index contributed by atoms with van der Waals surface area (Å²) < 4.78 is 14.7. The number of nitrogens with zero attached hydrogens (tertiary/aromatic N) is 3. The van der Waals surface area contributed by atoms with Gasteiger partial charge in [0.2, 0.25) is 5.91 Å². The Morgan fingerprint density at radius 1 is 1.06 bits per heavy atom. The number of carbonyl (C=O) groups is 2. The molecule has 0 aliphatic rings. The highest BCUT2D eigenvalue weighted by molar-refractivity contribution is 7.99. The SMILES string of the molecule is CC(C)c1ccc(NC(=O)CSc2nnc(CNC(=O)c3ccc(F)cc3)n2C)cc1. The summed E-state index contributed by atoms with van der Waals surface area (Å²) in [6.45, 7) is 4.40. The molecule has 3 aromatic rings. The first-order valence-corrected chi connectivity index (χ1v) is 10.8. The van der Waals surface area contributed by atoms with E-state index in [0.29, 0.717) is 22.5 Å². The molecule has 0 aliphatic carbocycles. The maximum Gasteiger partial charge on any atom is 0.251 e. The molecule has 0 spiro atoms. The molecule has 0 unspecified atom stereocenters. The summed E-state index contributed by atoms with van der Waals surface area (Å²) in [4.78, 5) is 24.4. The molecular formula is C22H24FN5O2S. The summed E-state index contributed by atoms with van der Waals surface area (Å²) in [6.07, 6.45) is 0. The fraction of sp³-hybridized carbons (Fsp3) is 0.273. The third-order valence-corrected chi connectivity index (χ3v) is 5.65. The van der Waals surface area contributed by atoms with E-state index in [2.05, 4.69) is 34.7 Å². The van der Waals surface area contributed by atoms with Crippen molar-refractivity contribution in [2.75, 3.05) is 11.1 Å². The number of halogens is 1. The summed E-state index contributed by atoms with van der Waals surface area (Å²) >= 11 is 1.26. The van der Waals surface area contributed by atoms with Crippen molar-refractivity contribution in [1.82, 2.24) is 20.1 Å². The minimum atomic E-state index is -0.400. The number of benzene rings is 2. The van der Waals surface area contributed by atoms with Gasteiger partial charge >= 0.3 is 0 Å². The predicted octanol–water partition coefficient (Wildman–Crippen LogP) is 3.74. The number of aromatic nitrogens is 3. The molecule has 2 N–H and O–H groups in total. The van der Waals surface area contributed by atoms with Crippen LogP contribution in [0.4, 0.5) is 10.1 Å². The Bertz CT molecular complexity index is 1050. The molecule has 0 bridgehead atoms. The molecule has 0 saturated carbocycles. The fourth-order valence-electron chi connectivity index (χ4n) is 2.77. The summed E-state index contributed by atoms with van der Waals surface area (Å²) in [5, 5.41) is 14.3. The third kappa shape index (κ3) is 6.14. The number of hydrogen-bond donors (Lipinski definition) is 2. The van der Waals surface area contributed by atoms with Crippen molar-refractivity contribution in [3.05, 3.63) is 71.3 Å². The van der Waals surface area contributed by atoms with Crippen LogP contribution >= 0.6 is 11.8 Å². The van der Waals surface area contributed by atoms with Crippen molar-refractivity contribution >= 4 is 29.3 Å². The Kier molecular flexibility index (Phi) is 7.41. The van der Waals surface area contributed by atoms with Crippen LogP contribution in [0, 0.1) is 5.82 Å². The predicted molar refractivity (Wildman–Crippen MR) is 118 cm³/mol. The van der Waals surface area contributed by atoms with E-state index < -0.39 is 5.82 Å². The van der Waals surface area contributed by atoms with Crippen LogP contribution in [0.1, 0.15) is 41.5 Å². The lowest BCUT2D eigenvalue weighted by Gasteiger charge is -2.08. The lowest BCUT2D eigenvalue weighted by Crippen LogP contribution is -2.24. The van der Waals surface area contributed by atoms with Gasteiger partial charge in [-0.25, -0.2) is 4.39 Å². The Labute approximate surface area is 184 Å². The molecule has 0 atom stereocenters. The molecular weight excluding hydrogens is 417 g/mol. The molecule has 7 nitrogen and oxygen atoms in total. The summed E-state index contributed by atoms with van der Waals surface area (Å²) in [5.41, 5.74) is 2.32. The minimum absolute atomic E-state index is 0.142. The molecule has 2 amide bonds. The number of anilines is 1. The van der Waals surface area contributed by atoms with Crippen LogP contribution in [0.15, 0.2) is 53.7 Å². The number of rotatable bonds is 8. The van der Waals surface area contributed by atoms with E-state index in [0.717, 1.165) is 5.69 Å². The van der Waals surface area contributed by atoms with E-state index in [1.807, 2.05) is 24.3 Å². The highest BCUT2D eigenvalue weighted by Gasteiger charge is 2.13. The van der Waals surface area contributed by atoms with Crippen molar-refractivity contribution in [2.24, 2.45) is 7.05 Å². The smallest absolute Gasteiger partial charge is 0.251 e. The van der Waals surface area contributed by atoms with Crippen LogP contribution in [0.5, 0.6) is 0 Å². The fourth-order valence-corrected chi connectivity index (χ4v) is 3.50. The van der Waals surface area contributed by atoms with Gasteiger partial charge in [0, 0.05) is 18.3 Å². The highest BCUT2D eigenvalue weighted by Crippen LogP contribution is 2.19. The van der Waals surface area contributed by atoms with Crippen LogP contribution in [0.2, 0.25) is 0 Å². The summed E-state index contributed by atoms with van der Waals surface area (Å²) in [7, 11) is 1.77. The zero-order valence-corrected chi connectivity index (χ0v) is 18.4. The number of hydrogen-bond acceptors (Lipinski definition) is 5. The van der Waals surface area contributed by atoms with Crippen molar-refractivity contribution in [3.63, 3.8) is 0 Å².